The van der Waals surface area contributed by atoms with Crippen LogP contribution in [0.3, 0.4) is 0 Å². The molecule has 0 aliphatic carbocycles. The molecule has 0 aliphatic rings. The second kappa shape index (κ2) is 7.81. The van der Waals surface area contributed by atoms with Crippen molar-refractivity contribution >= 4 is 29.5 Å². The van der Waals surface area contributed by atoms with Crippen LogP contribution in [0.2, 0.25) is 0 Å². The van der Waals surface area contributed by atoms with E-state index in [1.54, 1.807) is 0 Å². The molecule has 0 saturated heterocycles. The Balaban J connectivity index is 2.90. The number of benzene rings is 1. The zero-order chi connectivity index (χ0) is 13.5. The van der Waals surface area contributed by atoms with Crippen LogP contribution in [0.5, 0.6) is 0 Å². The summed E-state index contributed by atoms with van der Waals surface area (Å²) in [6, 6.07) is 6.04. The predicted molar refractivity (Wildman–Crippen MR) is 79.0 cm³/mol. The van der Waals surface area contributed by atoms with Crippen LogP contribution in [-0.2, 0) is 12.8 Å². The second-order valence-corrected chi connectivity index (χ2v) is 5.70. The van der Waals surface area contributed by atoms with Gasteiger partial charge < -0.3 is 0 Å². The largest absolute Gasteiger partial charge is 0.298 e. The normalized spacial score (nSPS) is 14.2. The van der Waals surface area contributed by atoms with Crippen LogP contribution in [-0.4, -0.2) is 18.0 Å². The lowest BCUT2D eigenvalue weighted by atomic mass is 9.93. The molecule has 0 aliphatic heterocycles. The van der Waals surface area contributed by atoms with Crippen molar-refractivity contribution < 1.29 is 4.79 Å². The third-order valence-corrected chi connectivity index (χ3v) is 4.07. The van der Waals surface area contributed by atoms with Gasteiger partial charge in [-0.25, -0.2) is 0 Å². The molecule has 2 unspecified atom stereocenters. The Labute approximate surface area is 119 Å². The Bertz CT molecular complexity index is 390. The zero-order valence-electron chi connectivity index (χ0n) is 11.0. The summed E-state index contributed by atoms with van der Waals surface area (Å²) < 4.78 is 0. The molecular weight excluding hydrogens is 267 g/mol. The van der Waals surface area contributed by atoms with Crippen LogP contribution in [0.15, 0.2) is 18.2 Å². The van der Waals surface area contributed by atoms with Gasteiger partial charge in [-0.3, -0.25) is 4.79 Å². The first-order chi connectivity index (χ1) is 8.60. The van der Waals surface area contributed by atoms with Gasteiger partial charge in [0.25, 0.3) is 0 Å². The summed E-state index contributed by atoms with van der Waals surface area (Å²) in [7, 11) is 0. The van der Waals surface area contributed by atoms with Gasteiger partial charge in [0.1, 0.15) is 6.29 Å². The number of carbonyl (C=O) groups is 1. The van der Waals surface area contributed by atoms with Crippen molar-refractivity contribution in [3.63, 3.8) is 0 Å². The Morgan fingerprint density at radius 3 is 2.28 bits per heavy atom. The van der Waals surface area contributed by atoms with Crippen molar-refractivity contribution in [3.8, 4) is 0 Å². The van der Waals surface area contributed by atoms with E-state index in [9.17, 15) is 4.79 Å². The number of aldehydes is 1. The summed E-state index contributed by atoms with van der Waals surface area (Å²) in [4.78, 5) is 11.0. The molecule has 2 atom stereocenters. The van der Waals surface area contributed by atoms with Crippen LogP contribution >= 0.6 is 23.2 Å². The molecule has 1 rings (SSSR count). The Hall–Kier alpha value is -0.530. The zero-order valence-corrected chi connectivity index (χ0v) is 12.5. The van der Waals surface area contributed by atoms with Crippen molar-refractivity contribution in [1.82, 2.24) is 0 Å². The van der Waals surface area contributed by atoms with Gasteiger partial charge in [-0.2, -0.15) is 0 Å². The van der Waals surface area contributed by atoms with Gasteiger partial charge in [0.2, 0.25) is 0 Å². The molecule has 0 saturated carbocycles. The molecule has 1 nitrogen and oxygen atoms in total. The molecule has 0 fully saturated rings. The van der Waals surface area contributed by atoms with E-state index in [0.717, 1.165) is 30.3 Å². The number of rotatable bonds is 7. The summed E-state index contributed by atoms with van der Waals surface area (Å²) in [5, 5.41) is 0. The van der Waals surface area contributed by atoms with E-state index in [-0.39, 0.29) is 0 Å². The standard InChI is InChI=1S/C15H20Cl2O/c1-11(8-16)5-13-3-4-14(10-18)15(7-13)6-12(2)9-17/h3-4,7,10-12H,5-6,8-9H2,1-2H3. The van der Waals surface area contributed by atoms with Crippen LogP contribution in [0.1, 0.15) is 35.3 Å². The molecule has 0 aromatic heterocycles. The molecule has 0 spiro atoms. The fraction of sp³-hybridized carbons (Fsp3) is 0.533. The van der Waals surface area contributed by atoms with Crippen LogP contribution in [0.4, 0.5) is 0 Å². The lowest BCUT2D eigenvalue weighted by Crippen LogP contribution is -2.06. The molecule has 1 aromatic rings. The van der Waals surface area contributed by atoms with E-state index < -0.39 is 0 Å². The summed E-state index contributed by atoms with van der Waals surface area (Å²) >= 11 is 11.7. The molecular formula is C15H20Cl2O. The van der Waals surface area contributed by atoms with E-state index >= 15 is 0 Å². The second-order valence-electron chi connectivity index (χ2n) is 5.08. The molecule has 18 heavy (non-hydrogen) atoms. The minimum absolute atomic E-state index is 0.381. The highest BCUT2D eigenvalue weighted by atomic mass is 35.5. The van der Waals surface area contributed by atoms with Crippen LogP contribution in [0.25, 0.3) is 0 Å². The Morgan fingerprint density at radius 1 is 1.11 bits per heavy atom. The van der Waals surface area contributed by atoms with E-state index in [0.29, 0.717) is 23.6 Å². The van der Waals surface area contributed by atoms with Gasteiger partial charge in [-0.1, -0.05) is 32.0 Å². The van der Waals surface area contributed by atoms with Crippen molar-refractivity contribution in [2.75, 3.05) is 11.8 Å². The molecule has 3 heteroatoms. The molecule has 0 bridgehead atoms. The fourth-order valence-electron chi connectivity index (χ4n) is 1.96. The smallest absolute Gasteiger partial charge is 0.150 e. The fourth-order valence-corrected chi connectivity index (χ4v) is 2.18. The van der Waals surface area contributed by atoms with E-state index in [1.807, 2.05) is 12.1 Å². The number of carbonyl (C=O) groups excluding carboxylic acids is 1. The van der Waals surface area contributed by atoms with Crippen LogP contribution in [0, 0.1) is 11.8 Å². The molecule has 0 amide bonds. The van der Waals surface area contributed by atoms with E-state index in [4.69, 9.17) is 23.2 Å². The lowest BCUT2D eigenvalue weighted by Gasteiger charge is -2.13. The molecule has 1 aromatic carbocycles. The summed E-state index contributed by atoms with van der Waals surface area (Å²) in [6.45, 7) is 4.22. The predicted octanol–water partition coefficient (Wildman–Crippen LogP) is 4.33. The molecule has 0 radical (unpaired) electrons. The highest BCUT2D eigenvalue weighted by molar-refractivity contribution is 6.18. The van der Waals surface area contributed by atoms with E-state index in [1.165, 1.54) is 5.56 Å². The van der Waals surface area contributed by atoms with Gasteiger partial charge in [0, 0.05) is 17.3 Å². The number of alkyl halides is 2. The highest BCUT2D eigenvalue weighted by Crippen LogP contribution is 2.18. The third kappa shape index (κ3) is 4.62. The minimum atomic E-state index is 0.381. The van der Waals surface area contributed by atoms with Gasteiger partial charge in [-0.05, 0) is 35.8 Å². The SMILES string of the molecule is CC(CCl)Cc1ccc(C=O)c(CC(C)CCl)c1. The quantitative estimate of drug-likeness (QED) is 0.538. The number of halogens is 2. The summed E-state index contributed by atoms with van der Waals surface area (Å²) in [5.41, 5.74) is 3.11. The van der Waals surface area contributed by atoms with Gasteiger partial charge in [-0.15, -0.1) is 23.2 Å². The maximum Gasteiger partial charge on any atom is 0.150 e. The summed E-state index contributed by atoms with van der Waals surface area (Å²) in [5.74, 6) is 2.10. The first kappa shape index (κ1) is 15.5. The Kier molecular flexibility index (Phi) is 6.73. The van der Waals surface area contributed by atoms with Gasteiger partial charge in [0.15, 0.2) is 0 Å². The topological polar surface area (TPSA) is 17.1 Å². The average Bonchev–Trinajstić information content (AvgIpc) is 2.38. The third-order valence-electron chi connectivity index (χ3n) is 3.01. The molecule has 0 heterocycles. The van der Waals surface area contributed by atoms with Crippen molar-refractivity contribution in [3.05, 3.63) is 34.9 Å². The molecule has 0 N–H and O–H groups in total. The summed E-state index contributed by atoms with van der Waals surface area (Å²) in [6.07, 6.45) is 2.72. The number of hydrogen-bond acceptors (Lipinski definition) is 1. The van der Waals surface area contributed by atoms with Crippen LogP contribution < -0.4 is 0 Å². The first-order valence-electron chi connectivity index (χ1n) is 6.29. The van der Waals surface area contributed by atoms with Crippen molar-refractivity contribution in [2.24, 2.45) is 11.8 Å². The number of hydrogen-bond donors (Lipinski definition) is 0. The lowest BCUT2D eigenvalue weighted by molar-refractivity contribution is 0.112. The Morgan fingerprint density at radius 2 is 1.72 bits per heavy atom. The van der Waals surface area contributed by atoms with Crippen molar-refractivity contribution in [1.29, 1.82) is 0 Å². The monoisotopic (exact) mass is 286 g/mol. The van der Waals surface area contributed by atoms with E-state index in [2.05, 4.69) is 19.9 Å². The van der Waals surface area contributed by atoms with Gasteiger partial charge in [0.05, 0.1) is 0 Å². The maximum atomic E-state index is 11.0. The van der Waals surface area contributed by atoms with Crippen molar-refractivity contribution in [2.45, 2.75) is 26.7 Å². The average molecular weight is 287 g/mol. The highest BCUT2D eigenvalue weighted by Gasteiger charge is 2.09. The maximum absolute atomic E-state index is 11.0. The minimum Gasteiger partial charge on any atom is -0.298 e. The molecule has 100 valence electrons. The first-order valence-corrected chi connectivity index (χ1v) is 7.36. The van der Waals surface area contributed by atoms with Gasteiger partial charge >= 0.3 is 0 Å².